The molecule has 0 fully saturated rings. The molecular formula is C19H19N5O2. The molecule has 0 spiro atoms. The van der Waals surface area contributed by atoms with Crippen LogP contribution in [-0.4, -0.2) is 47.9 Å². The lowest BCUT2D eigenvalue weighted by atomic mass is 10.1. The zero-order valence-corrected chi connectivity index (χ0v) is 14.7. The number of carbonyl (C=O) groups is 1. The van der Waals surface area contributed by atoms with Crippen LogP contribution in [-0.2, 0) is 0 Å². The summed E-state index contributed by atoms with van der Waals surface area (Å²) in [7, 11) is 3.94. The Morgan fingerprint density at radius 2 is 2.08 bits per heavy atom. The van der Waals surface area contributed by atoms with Crippen molar-refractivity contribution < 1.29 is 9.53 Å². The van der Waals surface area contributed by atoms with Crippen LogP contribution in [0.2, 0.25) is 0 Å². The first-order valence-electron chi connectivity index (χ1n) is 8.36. The number of nitrogens with zero attached hydrogens (tertiary/aromatic N) is 5. The maximum atomic E-state index is 13.3. The maximum absolute atomic E-state index is 13.3. The van der Waals surface area contributed by atoms with Gasteiger partial charge in [-0.1, -0.05) is 0 Å². The van der Waals surface area contributed by atoms with Gasteiger partial charge in [0.15, 0.2) is 5.82 Å². The smallest absolute Gasteiger partial charge is 0.262 e. The highest BCUT2D eigenvalue weighted by Crippen LogP contribution is 2.35. The molecule has 3 aromatic rings. The Morgan fingerprint density at radius 3 is 2.85 bits per heavy atom. The Morgan fingerprint density at radius 1 is 1.19 bits per heavy atom. The fraction of sp³-hybridized carbons (Fsp3) is 0.211. The Bertz CT molecular complexity index is 937. The number of hydrogen-bond donors (Lipinski definition) is 0. The molecule has 0 saturated carbocycles. The van der Waals surface area contributed by atoms with Gasteiger partial charge >= 0.3 is 0 Å². The van der Waals surface area contributed by atoms with Crippen LogP contribution in [0, 0.1) is 0 Å². The summed E-state index contributed by atoms with van der Waals surface area (Å²) in [5.74, 6) is 1.10. The number of aromatic nitrogens is 3. The first kappa shape index (κ1) is 16.1. The van der Waals surface area contributed by atoms with E-state index < -0.39 is 0 Å². The second-order valence-electron chi connectivity index (χ2n) is 6.18. The van der Waals surface area contributed by atoms with Gasteiger partial charge in [0.05, 0.1) is 17.8 Å². The minimum absolute atomic E-state index is 0.120. The molecule has 1 aliphatic rings. The van der Waals surface area contributed by atoms with Crippen molar-refractivity contribution in [3.63, 3.8) is 0 Å². The average Bonchev–Trinajstić information content (AvgIpc) is 3.21. The van der Waals surface area contributed by atoms with E-state index in [9.17, 15) is 4.79 Å². The lowest BCUT2D eigenvalue weighted by molar-refractivity contribution is 0.0976. The number of hydrogen-bond acceptors (Lipinski definition) is 5. The molecular weight excluding hydrogens is 330 g/mol. The van der Waals surface area contributed by atoms with Gasteiger partial charge in [-0.15, -0.1) is 0 Å². The average molecular weight is 349 g/mol. The predicted molar refractivity (Wildman–Crippen MR) is 99.3 cm³/mol. The molecule has 7 heteroatoms. The topological polar surface area (TPSA) is 63.5 Å². The zero-order chi connectivity index (χ0) is 18.1. The van der Waals surface area contributed by atoms with Gasteiger partial charge in [-0.25, -0.2) is 9.67 Å². The Hall–Kier alpha value is -3.35. The monoisotopic (exact) mass is 349 g/mol. The van der Waals surface area contributed by atoms with E-state index in [1.807, 2.05) is 37.2 Å². The lowest BCUT2D eigenvalue weighted by Crippen LogP contribution is -2.38. The normalized spacial score (nSPS) is 13.1. The summed E-state index contributed by atoms with van der Waals surface area (Å²) in [5.41, 5.74) is 2.29. The second kappa shape index (κ2) is 6.51. The van der Waals surface area contributed by atoms with Gasteiger partial charge in [-0.2, -0.15) is 5.10 Å². The van der Waals surface area contributed by atoms with E-state index in [0.29, 0.717) is 30.3 Å². The summed E-state index contributed by atoms with van der Waals surface area (Å²) in [6, 6.07) is 11.2. The van der Waals surface area contributed by atoms with Crippen molar-refractivity contribution in [1.82, 2.24) is 14.8 Å². The summed E-state index contributed by atoms with van der Waals surface area (Å²) >= 11 is 0. The van der Waals surface area contributed by atoms with Crippen LogP contribution in [0.15, 0.2) is 55.0 Å². The summed E-state index contributed by atoms with van der Waals surface area (Å²) in [5, 5.41) is 4.20. The molecule has 26 heavy (non-hydrogen) atoms. The Labute approximate surface area is 151 Å². The number of anilines is 2. The quantitative estimate of drug-likeness (QED) is 0.726. The molecule has 7 nitrogen and oxygen atoms in total. The van der Waals surface area contributed by atoms with Gasteiger partial charge in [0.2, 0.25) is 0 Å². The summed E-state index contributed by atoms with van der Waals surface area (Å²) in [4.78, 5) is 21.4. The highest BCUT2D eigenvalue weighted by molar-refractivity contribution is 6.09. The van der Waals surface area contributed by atoms with Crippen molar-refractivity contribution in [2.45, 2.75) is 0 Å². The standard InChI is InChI=1S/C19H19N5O2/c1-22(2)14-6-7-16-17(13-14)26-12-11-23(16)19(25)15-5-3-8-20-18(15)24-10-4-9-21-24/h3-10,13H,11-12H2,1-2H3. The van der Waals surface area contributed by atoms with E-state index in [0.717, 1.165) is 11.4 Å². The highest BCUT2D eigenvalue weighted by Gasteiger charge is 2.27. The molecule has 0 bridgehead atoms. The van der Waals surface area contributed by atoms with E-state index >= 15 is 0 Å². The predicted octanol–water partition coefficient (Wildman–Crippen LogP) is 2.37. The van der Waals surface area contributed by atoms with Gasteiger partial charge in [0.25, 0.3) is 5.91 Å². The number of rotatable bonds is 3. The van der Waals surface area contributed by atoms with Crippen LogP contribution >= 0.6 is 0 Å². The van der Waals surface area contributed by atoms with Crippen molar-refractivity contribution in [3.8, 4) is 11.6 Å². The number of fused-ring (bicyclic) bond motifs is 1. The van der Waals surface area contributed by atoms with Crippen LogP contribution < -0.4 is 14.5 Å². The van der Waals surface area contributed by atoms with Crippen molar-refractivity contribution in [2.24, 2.45) is 0 Å². The summed E-state index contributed by atoms with van der Waals surface area (Å²) < 4.78 is 7.38. The molecule has 0 atom stereocenters. The van der Waals surface area contributed by atoms with E-state index in [4.69, 9.17) is 4.74 Å². The largest absolute Gasteiger partial charge is 0.489 e. The van der Waals surface area contributed by atoms with Gasteiger partial charge < -0.3 is 14.5 Å². The molecule has 2 aromatic heterocycles. The summed E-state index contributed by atoms with van der Waals surface area (Å²) in [6.45, 7) is 0.938. The molecule has 132 valence electrons. The number of benzene rings is 1. The van der Waals surface area contributed by atoms with Gasteiger partial charge in [-0.05, 0) is 30.3 Å². The highest BCUT2D eigenvalue weighted by atomic mass is 16.5. The third-order valence-corrected chi connectivity index (χ3v) is 4.31. The van der Waals surface area contributed by atoms with Crippen LogP contribution in [0.5, 0.6) is 5.75 Å². The van der Waals surface area contributed by atoms with Crippen molar-refractivity contribution in [2.75, 3.05) is 37.0 Å². The van der Waals surface area contributed by atoms with Crippen molar-refractivity contribution in [1.29, 1.82) is 0 Å². The van der Waals surface area contributed by atoms with Crippen LogP contribution in [0.1, 0.15) is 10.4 Å². The van der Waals surface area contributed by atoms with E-state index in [1.54, 1.807) is 46.4 Å². The molecule has 1 aliphatic heterocycles. The van der Waals surface area contributed by atoms with Crippen LogP contribution in [0.3, 0.4) is 0 Å². The Kier molecular flexibility index (Phi) is 4.04. The molecule has 0 unspecified atom stereocenters. The molecule has 0 aliphatic carbocycles. The van der Waals surface area contributed by atoms with Crippen molar-refractivity contribution in [3.05, 3.63) is 60.6 Å². The van der Waals surface area contributed by atoms with E-state index in [1.165, 1.54) is 0 Å². The van der Waals surface area contributed by atoms with Crippen molar-refractivity contribution >= 4 is 17.3 Å². The van der Waals surface area contributed by atoms with Crippen LogP contribution in [0.4, 0.5) is 11.4 Å². The van der Waals surface area contributed by atoms with Gasteiger partial charge in [0, 0.05) is 44.4 Å². The molecule has 0 radical (unpaired) electrons. The summed E-state index contributed by atoms with van der Waals surface area (Å²) in [6.07, 6.45) is 5.09. The third-order valence-electron chi connectivity index (χ3n) is 4.31. The number of ether oxygens (including phenoxy) is 1. The molecule has 3 heterocycles. The molecule has 0 N–H and O–H groups in total. The van der Waals surface area contributed by atoms with E-state index in [2.05, 4.69) is 10.1 Å². The molecule has 1 aromatic carbocycles. The van der Waals surface area contributed by atoms with Gasteiger partial charge in [-0.3, -0.25) is 4.79 Å². The second-order valence-corrected chi connectivity index (χ2v) is 6.18. The molecule has 4 rings (SSSR count). The first-order chi connectivity index (χ1) is 12.6. The van der Waals surface area contributed by atoms with E-state index in [-0.39, 0.29) is 5.91 Å². The number of pyridine rings is 1. The molecule has 0 saturated heterocycles. The van der Waals surface area contributed by atoms with Crippen LogP contribution in [0.25, 0.3) is 5.82 Å². The fourth-order valence-corrected chi connectivity index (χ4v) is 2.98. The minimum Gasteiger partial charge on any atom is -0.489 e. The first-order valence-corrected chi connectivity index (χ1v) is 8.36. The Balaban J connectivity index is 1.74. The zero-order valence-electron chi connectivity index (χ0n) is 14.7. The minimum atomic E-state index is -0.120. The lowest BCUT2D eigenvalue weighted by Gasteiger charge is -2.30. The SMILES string of the molecule is CN(C)c1ccc2c(c1)OCCN2C(=O)c1cccnc1-n1cccn1. The fourth-order valence-electron chi connectivity index (χ4n) is 2.98. The van der Waals surface area contributed by atoms with Gasteiger partial charge in [0.1, 0.15) is 12.4 Å². The third kappa shape index (κ3) is 2.77. The molecule has 1 amide bonds. The number of carbonyl (C=O) groups excluding carboxylic acids is 1. The maximum Gasteiger partial charge on any atom is 0.262 e. The number of amides is 1.